The third-order valence-electron chi connectivity index (χ3n) is 2.62. The summed E-state index contributed by atoms with van der Waals surface area (Å²) < 4.78 is 0.689. The van der Waals surface area contributed by atoms with Gasteiger partial charge in [0.15, 0.2) is 0 Å². The largest absolute Gasteiger partial charge is 0.322 e. The van der Waals surface area contributed by atoms with Crippen molar-refractivity contribution < 1.29 is 4.79 Å². The standard InChI is InChI=1S/C14H10BrCl2NO/c1-8-6-10(16)3-5-13(8)18-14(19)9-2-4-12(17)11(15)7-9/h2-7H,1H3,(H,18,19). The highest BCUT2D eigenvalue weighted by Crippen LogP contribution is 2.24. The van der Waals surface area contributed by atoms with Crippen molar-refractivity contribution in [1.29, 1.82) is 0 Å². The number of amides is 1. The maximum Gasteiger partial charge on any atom is 0.255 e. The number of anilines is 1. The van der Waals surface area contributed by atoms with Gasteiger partial charge in [-0.25, -0.2) is 0 Å². The van der Waals surface area contributed by atoms with Crippen LogP contribution in [0, 0.1) is 6.92 Å². The van der Waals surface area contributed by atoms with E-state index >= 15 is 0 Å². The Kier molecular flexibility index (Phi) is 4.50. The zero-order chi connectivity index (χ0) is 14.0. The molecular formula is C14H10BrCl2NO. The first-order valence-electron chi connectivity index (χ1n) is 5.50. The van der Waals surface area contributed by atoms with Gasteiger partial charge in [-0.1, -0.05) is 23.2 Å². The van der Waals surface area contributed by atoms with Crippen LogP contribution in [0.15, 0.2) is 40.9 Å². The highest BCUT2D eigenvalue weighted by Gasteiger charge is 2.09. The first-order valence-corrected chi connectivity index (χ1v) is 7.05. The van der Waals surface area contributed by atoms with Gasteiger partial charge in [0.1, 0.15) is 0 Å². The van der Waals surface area contributed by atoms with E-state index in [0.717, 1.165) is 11.3 Å². The minimum Gasteiger partial charge on any atom is -0.322 e. The second-order valence-electron chi connectivity index (χ2n) is 4.04. The average molecular weight is 359 g/mol. The van der Waals surface area contributed by atoms with Crippen molar-refractivity contribution in [3.05, 3.63) is 62.0 Å². The summed E-state index contributed by atoms with van der Waals surface area (Å²) >= 11 is 15.1. The van der Waals surface area contributed by atoms with Crippen LogP contribution in [0.25, 0.3) is 0 Å². The lowest BCUT2D eigenvalue weighted by Gasteiger charge is -2.09. The van der Waals surface area contributed by atoms with Gasteiger partial charge in [0.25, 0.3) is 5.91 Å². The van der Waals surface area contributed by atoms with E-state index in [1.807, 2.05) is 6.92 Å². The first kappa shape index (κ1) is 14.4. The molecule has 98 valence electrons. The number of aryl methyl sites for hydroxylation is 1. The van der Waals surface area contributed by atoms with E-state index in [1.165, 1.54) is 0 Å². The molecule has 0 aliphatic rings. The van der Waals surface area contributed by atoms with Gasteiger partial charge in [0.05, 0.1) is 5.02 Å². The van der Waals surface area contributed by atoms with Crippen LogP contribution in [-0.2, 0) is 0 Å². The van der Waals surface area contributed by atoms with Crippen LogP contribution in [0.2, 0.25) is 10.0 Å². The summed E-state index contributed by atoms with van der Waals surface area (Å²) in [5.74, 6) is -0.192. The molecule has 0 unspecified atom stereocenters. The van der Waals surface area contributed by atoms with Crippen LogP contribution in [-0.4, -0.2) is 5.91 Å². The molecule has 19 heavy (non-hydrogen) atoms. The monoisotopic (exact) mass is 357 g/mol. The predicted octanol–water partition coefficient (Wildman–Crippen LogP) is 5.32. The Balaban J connectivity index is 2.23. The minimum absolute atomic E-state index is 0.192. The van der Waals surface area contributed by atoms with E-state index < -0.39 is 0 Å². The maximum atomic E-state index is 12.1. The highest BCUT2D eigenvalue weighted by atomic mass is 79.9. The molecule has 5 heteroatoms. The van der Waals surface area contributed by atoms with Crippen molar-refractivity contribution in [2.45, 2.75) is 6.92 Å². The molecule has 1 amide bonds. The Bertz CT molecular complexity index is 643. The summed E-state index contributed by atoms with van der Waals surface area (Å²) in [6.07, 6.45) is 0. The van der Waals surface area contributed by atoms with Gasteiger partial charge in [0, 0.05) is 20.7 Å². The number of nitrogens with one attached hydrogen (secondary N) is 1. The molecule has 0 fully saturated rings. The minimum atomic E-state index is -0.192. The molecule has 2 aromatic rings. The molecule has 0 atom stereocenters. The predicted molar refractivity (Wildman–Crippen MR) is 83.3 cm³/mol. The van der Waals surface area contributed by atoms with E-state index in [2.05, 4.69) is 21.2 Å². The molecule has 0 bridgehead atoms. The Morgan fingerprint density at radius 1 is 1.16 bits per heavy atom. The molecule has 0 aliphatic heterocycles. The lowest BCUT2D eigenvalue weighted by Crippen LogP contribution is -2.12. The normalized spacial score (nSPS) is 10.3. The molecule has 1 N–H and O–H groups in total. The van der Waals surface area contributed by atoms with Gasteiger partial charge >= 0.3 is 0 Å². The first-order chi connectivity index (χ1) is 8.97. The Morgan fingerprint density at radius 3 is 2.53 bits per heavy atom. The van der Waals surface area contributed by atoms with Gasteiger partial charge in [-0.3, -0.25) is 4.79 Å². The summed E-state index contributed by atoms with van der Waals surface area (Å²) in [6.45, 7) is 1.89. The van der Waals surface area contributed by atoms with Crippen molar-refractivity contribution in [1.82, 2.24) is 0 Å². The summed E-state index contributed by atoms with van der Waals surface area (Å²) in [5, 5.41) is 4.05. The molecule has 2 rings (SSSR count). The van der Waals surface area contributed by atoms with Gasteiger partial charge in [0.2, 0.25) is 0 Å². The van der Waals surface area contributed by atoms with Crippen molar-refractivity contribution in [3.8, 4) is 0 Å². The molecule has 0 saturated heterocycles. The maximum absolute atomic E-state index is 12.1. The van der Waals surface area contributed by atoms with Crippen molar-refractivity contribution in [2.75, 3.05) is 5.32 Å². The molecule has 0 radical (unpaired) electrons. The van der Waals surface area contributed by atoms with E-state index in [1.54, 1.807) is 36.4 Å². The summed E-state index contributed by atoms with van der Waals surface area (Å²) in [7, 11) is 0. The van der Waals surface area contributed by atoms with Crippen molar-refractivity contribution >= 4 is 50.7 Å². The number of hydrogen-bond donors (Lipinski definition) is 1. The third kappa shape index (κ3) is 3.50. The number of halogens is 3. The fraction of sp³-hybridized carbons (Fsp3) is 0.0714. The summed E-state index contributed by atoms with van der Waals surface area (Å²) in [5.41, 5.74) is 2.18. The SMILES string of the molecule is Cc1cc(Cl)ccc1NC(=O)c1ccc(Cl)c(Br)c1. The van der Waals surface area contributed by atoms with Crippen molar-refractivity contribution in [3.63, 3.8) is 0 Å². The zero-order valence-corrected chi connectivity index (χ0v) is 13.1. The third-order valence-corrected chi connectivity index (χ3v) is 4.07. The molecular weight excluding hydrogens is 349 g/mol. The highest BCUT2D eigenvalue weighted by molar-refractivity contribution is 9.10. The van der Waals surface area contributed by atoms with Crippen LogP contribution in [0.5, 0.6) is 0 Å². The Hall–Kier alpha value is -1.03. The van der Waals surface area contributed by atoms with Crippen LogP contribution in [0.3, 0.4) is 0 Å². The lowest BCUT2D eigenvalue weighted by molar-refractivity contribution is 0.102. The topological polar surface area (TPSA) is 29.1 Å². The Labute approximate surface area is 129 Å². The van der Waals surface area contributed by atoms with E-state index in [9.17, 15) is 4.79 Å². The van der Waals surface area contributed by atoms with E-state index in [4.69, 9.17) is 23.2 Å². The quantitative estimate of drug-likeness (QED) is 0.773. The van der Waals surface area contributed by atoms with Crippen LogP contribution in [0.4, 0.5) is 5.69 Å². The second-order valence-corrected chi connectivity index (χ2v) is 5.74. The number of hydrogen-bond acceptors (Lipinski definition) is 1. The van der Waals surface area contributed by atoms with Crippen molar-refractivity contribution in [2.24, 2.45) is 0 Å². The van der Waals surface area contributed by atoms with E-state index in [0.29, 0.717) is 20.1 Å². The summed E-state index contributed by atoms with van der Waals surface area (Å²) in [4.78, 5) is 12.1. The van der Waals surface area contributed by atoms with Crippen LogP contribution in [0.1, 0.15) is 15.9 Å². The molecule has 0 saturated carbocycles. The molecule has 0 aliphatic carbocycles. The molecule has 0 spiro atoms. The van der Waals surface area contributed by atoms with Gasteiger partial charge < -0.3 is 5.32 Å². The summed E-state index contributed by atoms with van der Waals surface area (Å²) in [6, 6.07) is 10.4. The zero-order valence-electron chi connectivity index (χ0n) is 10.0. The molecule has 0 aromatic heterocycles. The number of carbonyl (C=O) groups excluding carboxylic acids is 1. The van der Waals surface area contributed by atoms with E-state index in [-0.39, 0.29) is 5.91 Å². The van der Waals surface area contributed by atoms with Gasteiger partial charge in [-0.05, 0) is 64.8 Å². The van der Waals surface area contributed by atoms with Gasteiger partial charge in [-0.15, -0.1) is 0 Å². The van der Waals surface area contributed by atoms with Gasteiger partial charge in [-0.2, -0.15) is 0 Å². The van der Waals surface area contributed by atoms with Crippen LogP contribution >= 0.6 is 39.1 Å². The Morgan fingerprint density at radius 2 is 1.89 bits per heavy atom. The number of benzene rings is 2. The molecule has 2 nitrogen and oxygen atoms in total. The average Bonchev–Trinajstić information content (AvgIpc) is 2.36. The fourth-order valence-corrected chi connectivity index (χ4v) is 2.32. The molecule has 2 aromatic carbocycles. The number of rotatable bonds is 2. The lowest BCUT2D eigenvalue weighted by atomic mass is 10.1. The van der Waals surface area contributed by atoms with Crippen LogP contribution < -0.4 is 5.32 Å². The fourth-order valence-electron chi connectivity index (χ4n) is 1.60. The molecule has 0 heterocycles. The smallest absolute Gasteiger partial charge is 0.255 e. The number of carbonyl (C=O) groups is 1. The second kappa shape index (κ2) is 5.95.